The first kappa shape index (κ1) is 12.4. The van der Waals surface area contributed by atoms with E-state index in [0.29, 0.717) is 11.6 Å². The average Bonchev–Trinajstić information content (AvgIpc) is 2.91. The van der Waals surface area contributed by atoms with Gasteiger partial charge in [0.2, 0.25) is 0 Å². The predicted molar refractivity (Wildman–Crippen MR) is 76.6 cm³/mol. The van der Waals surface area contributed by atoms with Gasteiger partial charge in [-0.1, -0.05) is 0 Å². The predicted octanol–water partition coefficient (Wildman–Crippen LogP) is 2.03. The Morgan fingerprint density at radius 2 is 2.25 bits per heavy atom. The van der Waals surface area contributed by atoms with E-state index in [-0.39, 0.29) is 0 Å². The second kappa shape index (κ2) is 4.49. The number of benzene rings is 1. The monoisotopic (exact) mass is 289 g/mol. The number of hydrogen-bond donors (Lipinski definition) is 3. The Morgan fingerprint density at radius 1 is 1.45 bits per heavy atom. The number of nitrogens with two attached hydrogens (primary N) is 2. The number of thiazole rings is 1. The standard InChI is InChI=1S/C12H11N5O2S/c1-5-9(10(13)17-16-5)11-15-7-3-2-6(19-12(14)18)4-8(7)20-11/h2-4H,1H3,(H2,14,18)(H3,13,16,17). The summed E-state index contributed by atoms with van der Waals surface area (Å²) in [5, 5.41) is 7.54. The van der Waals surface area contributed by atoms with Gasteiger partial charge in [0.25, 0.3) is 0 Å². The number of primary amides is 1. The fourth-order valence-electron chi connectivity index (χ4n) is 1.91. The summed E-state index contributed by atoms with van der Waals surface area (Å²) in [4.78, 5) is 15.2. The molecule has 0 aliphatic rings. The lowest BCUT2D eigenvalue weighted by atomic mass is 10.2. The van der Waals surface area contributed by atoms with Gasteiger partial charge < -0.3 is 16.2 Å². The molecule has 1 amide bonds. The minimum absolute atomic E-state index is 0.386. The molecule has 0 fully saturated rings. The number of nitrogens with one attached hydrogen (secondary N) is 1. The van der Waals surface area contributed by atoms with Gasteiger partial charge in [0.15, 0.2) is 0 Å². The number of hydrogen-bond acceptors (Lipinski definition) is 6. The topological polar surface area (TPSA) is 120 Å². The molecule has 7 nitrogen and oxygen atoms in total. The molecule has 3 aromatic rings. The normalized spacial score (nSPS) is 10.8. The van der Waals surface area contributed by atoms with Crippen LogP contribution in [0.4, 0.5) is 10.6 Å². The van der Waals surface area contributed by atoms with Gasteiger partial charge in [-0.25, -0.2) is 9.78 Å². The second-order valence-corrected chi connectivity index (χ2v) is 5.20. The average molecular weight is 289 g/mol. The Morgan fingerprint density at radius 3 is 2.90 bits per heavy atom. The van der Waals surface area contributed by atoms with Gasteiger partial charge in [-0.15, -0.1) is 11.3 Å². The van der Waals surface area contributed by atoms with Gasteiger partial charge in [0, 0.05) is 6.07 Å². The second-order valence-electron chi connectivity index (χ2n) is 4.17. The van der Waals surface area contributed by atoms with Crippen molar-refractivity contribution < 1.29 is 9.53 Å². The number of carbonyl (C=O) groups is 1. The van der Waals surface area contributed by atoms with E-state index in [1.807, 2.05) is 6.92 Å². The summed E-state index contributed by atoms with van der Waals surface area (Å²) in [6, 6.07) is 5.12. The van der Waals surface area contributed by atoms with Crippen LogP contribution in [0.2, 0.25) is 0 Å². The van der Waals surface area contributed by atoms with Crippen molar-refractivity contribution in [2.45, 2.75) is 6.92 Å². The van der Waals surface area contributed by atoms with E-state index in [1.165, 1.54) is 11.3 Å². The van der Waals surface area contributed by atoms with Crippen LogP contribution in [0.3, 0.4) is 0 Å². The Kier molecular flexibility index (Phi) is 2.79. The molecule has 0 spiro atoms. The van der Waals surface area contributed by atoms with Crippen LogP contribution in [-0.4, -0.2) is 21.3 Å². The van der Waals surface area contributed by atoms with Crippen molar-refractivity contribution in [3.05, 3.63) is 23.9 Å². The van der Waals surface area contributed by atoms with Gasteiger partial charge in [-0.05, 0) is 19.1 Å². The SMILES string of the molecule is Cc1n[nH]c(N)c1-c1nc2ccc(OC(N)=O)cc2s1. The van der Waals surface area contributed by atoms with Crippen molar-refractivity contribution >= 4 is 33.5 Å². The number of rotatable bonds is 2. The lowest BCUT2D eigenvalue weighted by Crippen LogP contribution is -2.16. The number of ether oxygens (including phenoxy) is 1. The third-order valence-electron chi connectivity index (χ3n) is 2.77. The van der Waals surface area contributed by atoms with Crippen LogP contribution in [0.1, 0.15) is 5.69 Å². The molecule has 0 aliphatic heterocycles. The molecule has 0 bridgehead atoms. The number of aryl methyl sites for hydroxylation is 1. The zero-order chi connectivity index (χ0) is 14.3. The van der Waals surface area contributed by atoms with E-state index in [1.54, 1.807) is 18.2 Å². The molecule has 0 unspecified atom stereocenters. The number of nitrogen functional groups attached to an aromatic ring is 1. The maximum absolute atomic E-state index is 10.7. The van der Waals surface area contributed by atoms with Gasteiger partial charge in [0.05, 0.1) is 21.5 Å². The van der Waals surface area contributed by atoms with Crippen molar-refractivity contribution in [1.82, 2.24) is 15.2 Å². The smallest absolute Gasteiger partial charge is 0.409 e. The van der Waals surface area contributed by atoms with E-state index in [0.717, 1.165) is 26.5 Å². The van der Waals surface area contributed by atoms with Crippen LogP contribution in [0.15, 0.2) is 18.2 Å². The Labute approximate surface area is 117 Å². The molecule has 1 aromatic carbocycles. The Balaban J connectivity index is 2.09. The molecule has 102 valence electrons. The minimum atomic E-state index is -0.844. The molecule has 3 rings (SSSR count). The highest BCUT2D eigenvalue weighted by atomic mass is 32.1. The maximum Gasteiger partial charge on any atom is 0.409 e. The van der Waals surface area contributed by atoms with Crippen LogP contribution in [0, 0.1) is 6.92 Å². The first-order chi connectivity index (χ1) is 9.54. The summed E-state index contributed by atoms with van der Waals surface area (Å²) in [5.41, 5.74) is 13.2. The number of H-pyrrole nitrogens is 1. The third kappa shape index (κ3) is 2.05. The Bertz CT molecular complexity index is 788. The molecule has 2 aromatic heterocycles. The molecule has 0 saturated carbocycles. The van der Waals surface area contributed by atoms with Crippen LogP contribution in [0.5, 0.6) is 5.75 Å². The van der Waals surface area contributed by atoms with E-state index in [2.05, 4.69) is 15.2 Å². The number of fused-ring (bicyclic) bond motifs is 1. The fraction of sp³-hybridized carbons (Fsp3) is 0.0833. The van der Waals surface area contributed by atoms with Crippen LogP contribution >= 0.6 is 11.3 Å². The van der Waals surface area contributed by atoms with Gasteiger partial charge in [0.1, 0.15) is 16.6 Å². The highest BCUT2D eigenvalue weighted by Crippen LogP contribution is 2.35. The van der Waals surface area contributed by atoms with E-state index in [9.17, 15) is 4.79 Å². The van der Waals surface area contributed by atoms with Gasteiger partial charge >= 0.3 is 6.09 Å². The summed E-state index contributed by atoms with van der Waals surface area (Å²) in [6.45, 7) is 1.86. The maximum atomic E-state index is 10.7. The van der Waals surface area contributed by atoms with Crippen LogP contribution in [-0.2, 0) is 0 Å². The van der Waals surface area contributed by atoms with Crippen molar-refractivity contribution in [3.63, 3.8) is 0 Å². The van der Waals surface area contributed by atoms with E-state index in [4.69, 9.17) is 16.2 Å². The van der Waals surface area contributed by atoms with Gasteiger partial charge in [-0.3, -0.25) is 5.10 Å². The van der Waals surface area contributed by atoms with E-state index < -0.39 is 6.09 Å². The molecule has 0 saturated heterocycles. The lowest BCUT2D eigenvalue weighted by molar-refractivity contribution is 0.211. The summed E-state index contributed by atoms with van der Waals surface area (Å²) in [6.07, 6.45) is -0.844. The van der Waals surface area contributed by atoms with Crippen molar-refractivity contribution in [1.29, 1.82) is 0 Å². The number of aromatic amines is 1. The largest absolute Gasteiger partial charge is 0.410 e. The molecule has 5 N–H and O–H groups in total. The van der Waals surface area contributed by atoms with Crippen molar-refractivity contribution in [2.75, 3.05) is 5.73 Å². The number of anilines is 1. The molecule has 20 heavy (non-hydrogen) atoms. The molecular formula is C12H11N5O2S. The summed E-state index contributed by atoms with van der Waals surface area (Å²) >= 11 is 1.44. The minimum Gasteiger partial charge on any atom is -0.410 e. The fourth-order valence-corrected chi connectivity index (χ4v) is 3.02. The highest BCUT2D eigenvalue weighted by Gasteiger charge is 2.15. The molecule has 0 atom stereocenters. The van der Waals surface area contributed by atoms with Crippen LogP contribution < -0.4 is 16.2 Å². The van der Waals surface area contributed by atoms with Crippen molar-refractivity contribution in [3.8, 4) is 16.3 Å². The molecule has 0 aliphatic carbocycles. The van der Waals surface area contributed by atoms with Gasteiger partial charge in [-0.2, -0.15) is 5.10 Å². The Hall–Kier alpha value is -2.61. The third-order valence-corrected chi connectivity index (χ3v) is 3.80. The molecule has 0 radical (unpaired) electrons. The summed E-state index contributed by atoms with van der Waals surface area (Å²) < 4.78 is 5.72. The molecule has 8 heteroatoms. The summed E-state index contributed by atoms with van der Waals surface area (Å²) in [7, 11) is 0. The molecule has 2 heterocycles. The highest BCUT2D eigenvalue weighted by molar-refractivity contribution is 7.21. The number of carbonyl (C=O) groups excluding carboxylic acids is 1. The number of aromatic nitrogens is 3. The van der Waals surface area contributed by atoms with Crippen LogP contribution in [0.25, 0.3) is 20.8 Å². The molecular weight excluding hydrogens is 278 g/mol. The first-order valence-corrected chi connectivity index (χ1v) is 6.55. The van der Waals surface area contributed by atoms with Crippen molar-refractivity contribution in [2.24, 2.45) is 5.73 Å². The number of amides is 1. The lowest BCUT2D eigenvalue weighted by Gasteiger charge is -1.98. The number of nitrogens with zero attached hydrogens (tertiary/aromatic N) is 2. The zero-order valence-electron chi connectivity index (χ0n) is 10.5. The van der Waals surface area contributed by atoms with E-state index >= 15 is 0 Å². The quantitative estimate of drug-likeness (QED) is 0.666. The first-order valence-electron chi connectivity index (χ1n) is 5.73. The zero-order valence-corrected chi connectivity index (χ0v) is 11.3. The summed E-state index contributed by atoms with van der Waals surface area (Å²) in [5.74, 6) is 0.868.